The summed E-state index contributed by atoms with van der Waals surface area (Å²) in [6.07, 6.45) is -14.6. The lowest BCUT2D eigenvalue weighted by molar-refractivity contribution is -0.445. The van der Waals surface area contributed by atoms with Crippen molar-refractivity contribution in [1.82, 2.24) is 0 Å². The van der Waals surface area contributed by atoms with Crippen LogP contribution in [0.25, 0.3) is 0 Å². The first-order valence-corrected chi connectivity index (χ1v) is 6.51. The summed E-state index contributed by atoms with van der Waals surface area (Å²) in [4.78, 5) is 10.8. The maximum absolute atomic E-state index is 13.8. The molecule has 28 heavy (non-hydrogen) atoms. The van der Waals surface area contributed by atoms with E-state index in [9.17, 15) is 61.9 Å². The van der Waals surface area contributed by atoms with Crippen molar-refractivity contribution in [2.24, 2.45) is 0 Å². The first-order valence-electron chi connectivity index (χ1n) is 6.51. The van der Waals surface area contributed by atoms with Crippen LogP contribution in [-0.2, 0) is 9.53 Å². The quantitative estimate of drug-likeness (QED) is 0.344. The number of hydrogen-bond donors (Lipinski definition) is 1. The third-order valence-electron chi connectivity index (χ3n) is 3.16. The van der Waals surface area contributed by atoms with E-state index in [0.29, 0.717) is 0 Å². The minimum atomic E-state index is -8.09. The van der Waals surface area contributed by atoms with Gasteiger partial charge in [-0.15, -0.1) is 0 Å². The fourth-order valence-electron chi connectivity index (χ4n) is 1.61. The molecule has 0 radical (unpaired) electrons. The lowest BCUT2D eigenvalue weighted by atomic mass is 9.90. The topological polar surface area (TPSA) is 46.5 Å². The van der Waals surface area contributed by atoms with E-state index in [1.165, 1.54) is 0 Å². The highest BCUT2D eigenvalue weighted by molar-refractivity contribution is 5.81. The lowest BCUT2D eigenvalue weighted by Crippen LogP contribution is -2.72. The lowest BCUT2D eigenvalue weighted by Gasteiger charge is -2.41. The van der Waals surface area contributed by atoms with Gasteiger partial charge in [0.05, 0.1) is 6.10 Å². The molecule has 16 heteroatoms. The van der Waals surface area contributed by atoms with Crippen molar-refractivity contribution >= 4 is 5.97 Å². The summed E-state index contributed by atoms with van der Waals surface area (Å²) in [6.45, 7) is 2.70. The van der Waals surface area contributed by atoms with E-state index in [1.54, 1.807) is 0 Å². The third-order valence-corrected chi connectivity index (χ3v) is 3.16. The molecule has 0 aromatic heterocycles. The molecule has 2 unspecified atom stereocenters. The van der Waals surface area contributed by atoms with Crippen molar-refractivity contribution in [3.8, 4) is 0 Å². The Balaban J connectivity index is 6.51. The predicted molar refractivity (Wildman–Crippen MR) is 62.5 cm³/mol. The second-order valence-electron chi connectivity index (χ2n) is 5.22. The van der Waals surface area contributed by atoms with Gasteiger partial charge in [0.1, 0.15) is 0 Å². The van der Waals surface area contributed by atoms with Crippen LogP contribution in [-0.4, -0.2) is 59.1 Å². The molecule has 0 rings (SSSR count). The van der Waals surface area contributed by atoms with Crippen molar-refractivity contribution in [2.45, 2.75) is 54.9 Å². The van der Waals surface area contributed by atoms with Crippen molar-refractivity contribution in [3.05, 3.63) is 12.7 Å². The highest BCUT2D eigenvalue weighted by atomic mass is 19.4. The van der Waals surface area contributed by atoms with E-state index in [-0.39, 0.29) is 13.0 Å². The summed E-state index contributed by atoms with van der Waals surface area (Å²) in [5, 5.41) is 8.93. The molecule has 0 aliphatic rings. The molecule has 0 amide bonds. The number of aliphatic hydroxyl groups excluding tert-OH is 1. The molecule has 0 spiro atoms. The first kappa shape index (κ1) is 26.3. The Morgan fingerprint density at radius 2 is 1.18 bits per heavy atom. The molecular formula is C12H9F13O3. The number of rotatable bonds is 8. The molecule has 0 fully saturated rings. The van der Waals surface area contributed by atoms with E-state index in [1.807, 2.05) is 0 Å². The number of ether oxygens (including phenoxy) is 1. The molecule has 166 valence electrons. The van der Waals surface area contributed by atoms with Gasteiger partial charge < -0.3 is 9.84 Å². The molecule has 1 N–H and O–H groups in total. The van der Waals surface area contributed by atoms with Gasteiger partial charge in [0.15, 0.2) is 6.10 Å². The van der Waals surface area contributed by atoms with Gasteiger partial charge in [-0.1, -0.05) is 6.58 Å². The van der Waals surface area contributed by atoms with Crippen molar-refractivity contribution in [2.75, 3.05) is 0 Å². The third kappa shape index (κ3) is 3.74. The average molecular weight is 448 g/mol. The Morgan fingerprint density at radius 3 is 1.46 bits per heavy atom. The number of esters is 1. The smallest absolute Gasteiger partial charge is 0.450 e. The van der Waals surface area contributed by atoms with Crippen LogP contribution in [0.4, 0.5) is 57.1 Å². The Hall–Kier alpha value is -1.74. The Morgan fingerprint density at radius 1 is 0.821 bits per heavy atom. The van der Waals surface area contributed by atoms with Crippen LogP contribution in [0.2, 0.25) is 0 Å². The number of alkyl halides is 13. The number of carbonyl (C=O) groups is 1. The fraction of sp³-hybridized carbons (Fsp3) is 0.750. The largest absolute Gasteiger partial charge is 0.460 e. The summed E-state index contributed by atoms with van der Waals surface area (Å²) in [7, 11) is 0. The molecule has 0 saturated carbocycles. The first-order chi connectivity index (χ1) is 12.0. The number of hydrogen-bond acceptors (Lipinski definition) is 3. The van der Waals surface area contributed by atoms with Crippen LogP contribution in [0.3, 0.4) is 0 Å². The monoisotopic (exact) mass is 448 g/mol. The summed E-state index contributed by atoms with van der Waals surface area (Å²) in [5.74, 6) is -40.5. The van der Waals surface area contributed by atoms with Gasteiger partial charge >= 0.3 is 41.8 Å². The SMILES string of the molecule is C=CC(=O)OC(C(C)O)C(F)(F)C(F)(F)C(F)(F)C(F)(F)C(F)(F)C(F)(F)F. The van der Waals surface area contributed by atoms with Gasteiger partial charge in [-0.25, -0.2) is 4.79 Å². The number of aliphatic hydroxyl groups is 1. The molecule has 0 saturated heterocycles. The van der Waals surface area contributed by atoms with Crippen LogP contribution in [0.15, 0.2) is 12.7 Å². The van der Waals surface area contributed by atoms with Gasteiger partial charge in [0.2, 0.25) is 0 Å². The van der Waals surface area contributed by atoms with E-state index in [2.05, 4.69) is 11.3 Å². The molecule has 3 nitrogen and oxygen atoms in total. The molecule has 0 aromatic carbocycles. The minimum absolute atomic E-state index is 0.0197. The molecule has 0 heterocycles. The molecule has 0 bridgehead atoms. The second kappa shape index (κ2) is 7.26. The highest BCUT2D eigenvalue weighted by Gasteiger charge is 2.91. The normalized spacial score (nSPS) is 17.1. The van der Waals surface area contributed by atoms with Gasteiger partial charge in [-0.05, 0) is 6.92 Å². The van der Waals surface area contributed by atoms with Gasteiger partial charge in [0, 0.05) is 6.08 Å². The second-order valence-corrected chi connectivity index (χ2v) is 5.22. The minimum Gasteiger partial charge on any atom is -0.450 e. The Labute approximate surface area is 146 Å². The number of carbonyl (C=O) groups excluding carboxylic acids is 1. The van der Waals surface area contributed by atoms with Crippen LogP contribution < -0.4 is 0 Å². The Kier molecular flexibility index (Phi) is 6.81. The van der Waals surface area contributed by atoms with Crippen molar-refractivity contribution in [1.29, 1.82) is 0 Å². The van der Waals surface area contributed by atoms with E-state index < -0.39 is 54.0 Å². The van der Waals surface area contributed by atoms with Crippen LogP contribution in [0.5, 0.6) is 0 Å². The summed E-state index contributed by atoms with van der Waals surface area (Å²) >= 11 is 0. The standard InChI is InChI=1S/C12H9F13O3/c1-3-5(27)28-6(4(2)26)7(13,14)8(15,16)9(17,18)10(19,20)11(21,22)12(23,24)25/h3-4,6,26H,1H2,2H3. The van der Waals surface area contributed by atoms with Crippen LogP contribution in [0.1, 0.15) is 6.92 Å². The molecule has 0 aliphatic carbocycles. The van der Waals surface area contributed by atoms with E-state index in [4.69, 9.17) is 5.11 Å². The van der Waals surface area contributed by atoms with Crippen LogP contribution >= 0.6 is 0 Å². The van der Waals surface area contributed by atoms with Gasteiger partial charge in [-0.3, -0.25) is 0 Å². The fourth-order valence-corrected chi connectivity index (χ4v) is 1.61. The van der Waals surface area contributed by atoms with E-state index in [0.717, 1.165) is 0 Å². The molecular weight excluding hydrogens is 439 g/mol. The maximum atomic E-state index is 13.8. The zero-order valence-corrected chi connectivity index (χ0v) is 13.1. The van der Waals surface area contributed by atoms with E-state index >= 15 is 0 Å². The Bertz CT molecular complexity index is 594. The zero-order chi connectivity index (χ0) is 23.1. The van der Waals surface area contributed by atoms with Crippen molar-refractivity contribution in [3.63, 3.8) is 0 Å². The summed E-state index contributed by atoms with van der Waals surface area (Å²) in [5.41, 5.74) is 0. The number of halogens is 13. The van der Waals surface area contributed by atoms with Crippen LogP contribution in [0, 0.1) is 0 Å². The average Bonchev–Trinajstić information content (AvgIpc) is 2.49. The summed E-state index contributed by atoms with van der Waals surface area (Å²) < 4.78 is 172. The van der Waals surface area contributed by atoms with Crippen molar-refractivity contribution < 1.29 is 71.7 Å². The van der Waals surface area contributed by atoms with Gasteiger partial charge in [-0.2, -0.15) is 57.1 Å². The van der Waals surface area contributed by atoms with Gasteiger partial charge in [0.25, 0.3) is 0 Å². The zero-order valence-electron chi connectivity index (χ0n) is 13.1. The summed E-state index contributed by atoms with van der Waals surface area (Å²) in [6, 6.07) is 0. The molecule has 2 atom stereocenters. The molecule has 0 aliphatic heterocycles. The highest BCUT2D eigenvalue weighted by Crippen LogP contribution is 2.61. The molecule has 0 aromatic rings. The maximum Gasteiger partial charge on any atom is 0.460 e. The predicted octanol–water partition coefficient (Wildman–Crippen LogP) is 4.20.